The first-order valence-corrected chi connectivity index (χ1v) is 9.70. The zero-order chi connectivity index (χ0) is 23.0. The van der Waals surface area contributed by atoms with E-state index in [0.29, 0.717) is 23.6 Å². The molecule has 1 heterocycles. The first kappa shape index (κ1) is 22.4. The van der Waals surface area contributed by atoms with Gasteiger partial charge in [0.1, 0.15) is 12.4 Å². The zero-order valence-electron chi connectivity index (χ0n) is 17.4. The lowest BCUT2D eigenvalue weighted by atomic mass is 9.84. The molecular formula is C24H23N3O5. The van der Waals surface area contributed by atoms with E-state index in [9.17, 15) is 4.79 Å². The van der Waals surface area contributed by atoms with Crippen molar-refractivity contribution < 1.29 is 24.2 Å². The highest BCUT2D eigenvalue weighted by atomic mass is 16.5. The molecule has 8 nitrogen and oxygen atoms in total. The second-order valence-electron chi connectivity index (χ2n) is 6.84. The Morgan fingerprint density at radius 3 is 2.44 bits per heavy atom. The minimum Gasteiger partial charge on any atom is -0.497 e. The Labute approximate surface area is 185 Å². The van der Waals surface area contributed by atoms with E-state index in [4.69, 9.17) is 25.1 Å². The van der Waals surface area contributed by atoms with Gasteiger partial charge >= 0.3 is 0 Å². The standard InChI is InChI=1S/C23H21N3O3.CH2O2/c1-28-20-12-5-7-16(13-20)21(27)25-19-11-6-10-18(14-19)23(15-29-22(24)26-23)17-8-3-2-4-9-17;2-1-3/h2-14H,15H2,1H3,(H2,24,26)(H,25,27);1H,(H,2,3). The largest absolute Gasteiger partial charge is 0.497 e. The summed E-state index contributed by atoms with van der Waals surface area (Å²) in [5.74, 6) is 0.405. The van der Waals surface area contributed by atoms with Crippen LogP contribution >= 0.6 is 0 Å². The average Bonchev–Trinajstić information content (AvgIpc) is 3.23. The van der Waals surface area contributed by atoms with Crippen LogP contribution in [-0.4, -0.2) is 37.2 Å². The van der Waals surface area contributed by atoms with Gasteiger partial charge in [0.15, 0.2) is 5.54 Å². The summed E-state index contributed by atoms with van der Waals surface area (Å²) in [5, 5.41) is 9.83. The lowest BCUT2D eigenvalue weighted by molar-refractivity contribution is -0.122. The third-order valence-corrected chi connectivity index (χ3v) is 4.91. The molecule has 0 saturated carbocycles. The third kappa shape index (κ3) is 4.86. The van der Waals surface area contributed by atoms with Gasteiger partial charge in [-0.1, -0.05) is 48.5 Å². The van der Waals surface area contributed by atoms with E-state index in [1.165, 1.54) is 0 Å². The van der Waals surface area contributed by atoms with Crippen molar-refractivity contribution in [2.45, 2.75) is 5.54 Å². The maximum atomic E-state index is 12.7. The molecule has 4 rings (SSSR count). The predicted octanol–water partition coefficient (Wildman–Crippen LogP) is 3.24. The maximum Gasteiger partial charge on any atom is 0.290 e. The van der Waals surface area contributed by atoms with E-state index in [2.05, 4.69) is 10.3 Å². The lowest BCUT2D eigenvalue weighted by Gasteiger charge is -2.25. The molecule has 164 valence electrons. The summed E-state index contributed by atoms with van der Waals surface area (Å²) in [6.07, 6.45) is 0. The number of carbonyl (C=O) groups is 2. The minimum atomic E-state index is -0.748. The normalized spacial score (nSPS) is 16.6. The number of amides is 1. The number of nitrogens with two attached hydrogens (primary N) is 1. The van der Waals surface area contributed by atoms with Gasteiger partial charge in [0.2, 0.25) is 0 Å². The number of benzene rings is 3. The predicted molar refractivity (Wildman–Crippen MR) is 121 cm³/mol. The van der Waals surface area contributed by atoms with Crippen molar-refractivity contribution in [3.8, 4) is 5.75 Å². The van der Waals surface area contributed by atoms with Gasteiger partial charge in [-0.2, -0.15) is 0 Å². The Kier molecular flexibility index (Phi) is 7.07. The van der Waals surface area contributed by atoms with Crippen LogP contribution in [0, 0.1) is 0 Å². The van der Waals surface area contributed by atoms with Crippen molar-refractivity contribution >= 4 is 24.1 Å². The fraction of sp³-hybridized carbons (Fsp3) is 0.125. The van der Waals surface area contributed by atoms with Crippen molar-refractivity contribution in [2.75, 3.05) is 19.0 Å². The number of carboxylic acid groups (broad SMARTS) is 1. The topological polar surface area (TPSA) is 123 Å². The molecular weight excluding hydrogens is 410 g/mol. The van der Waals surface area contributed by atoms with Crippen LogP contribution in [0.5, 0.6) is 5.75 Å². The maximum absolute atomic E-state index is 12.7. The highest BCUT2D eigenvalue weighted by Crippen LogP contribution is 2.38. The Balaban J connectivity index is 0.000000913. The van der Waals surface area contributed by atoms with Gasteiger partial charge in [-0.15, -0.1) is 0 Å². The van der Waals surface area contributed by atoms with E-state index in [1.807, 2.05) is 54.6 Å². The van der Waals surface area contributed by atoms with Crippen LogP contribution in [0.25, 0.3) is 0 Å². The Morgan fingerprint density at radius 1 is 1.09 bits per heavy atom. The van der Waals surface area contributed by atoms with Crippen molar-refractivity contribution in [3.05, 3.63) is 95.6 Å². The molecule has 1 aliphatic rings. The highest BCUT2D eigenvalue weighted by molar-refractivity contribution is 6.04. The summed E-state index contributed by atoms with van der Waals surface area (Å²) in [6, 6.07) is 24.6. The number of anilines is 1. The van der Waals surface area contributed by atoms with Crippen molar-refractivity contribution in [1.29, 1.82) is 0 Å². The molecule has 1 atom stereocenters. The lowest BCUT2D eigenvalue weighted by Crippen LogP contribution is -2.27. The fourth-order valence-corrected chi connectivity index (χ4v) is 3.43. The van der Waals surface area contributed by atoms with E-state index in [0.717, 1.165) is 11.1 Å². The molecule has 0 bridgehead atoms. The minimum absolute atomic E-state index is 0.152. The molecule has 32 heavy (non-hydrogen) atoms. The Bertz CT molecular complexity index is 1120. The van der Waals surface area contributed by atoms with Gasteiger partial charge in [-0.3, -0.25) is 9.59 Å². The second-order valence-corrected chi connectivity index (χ2v) is 6.84. The number of ether oxygens (including phenoxy) is 2. The molecule has 4 N–H and O–H groups in total. The smallest absolute Gasteiger partial charge is 0.290 e. The van der Waals surface area contributed by atoms with Crippen molar-refractivity contribution in [2.24, 2.45) is 10.7 Å². The number of carbonyl (C=O) groups excluding carboxylic acids is 1. The first-order chi connectivity index (χ1) is 15.5. The summed E-state index contributed by atoms with van der Waals surface area (Å²) in [4.78, 5) is 25.6. The molecule has 0 aromatic heterocycles. The Hall–Kier alpha value is -4.33. The van der Waals surface area contributed by atoms with Gasteiger partial charge in [-0.25, -0.2) is 4.99 Å². The van der Waals surface area contributed by atoms with Crippen molar-refractivity contribution in [1.82, 2.24) is 0 Å². The molecule has 3 aromatic carbocycles. The van der Waals surface area contributed by atoms with Crippen LogP contribution in [0.15, 0.2) is 83.9 Å². The number of nitrogens with one attached hydrogen (secondary N) is 1. The van der Waals surface area contributed by atoms with Crippen LogP contribution in [-0.2, 0) is 15.1 Å². The second kappa shape index (κ2) is 10.1. The fourth-order valence-electron chi connectivity index (χ4n) is 3.43. The molecule has 0 radical (unpaired) electrons. The molecule has 1 amide bonds. The number of aliphatic imine (C=N–C) groups is 1. The molecule has 8 heteroatoms. The summed E-state index contributed by atoms with van der Waals surface area (Å²) >= 11 is 0. The number of rotatable bonds is 5. The molecule has 1 aliphatic heterocycles. The number of hydrogen-bond acceptors (Lipinski definition) is 6. The molecule has 0 aliphatic carbocycles. The summed E-state index contributed by atoms with van der Waals surface area (Å²) < 4.78 is 10.7. The van der Waals surface area contributed by atoms with E-state index < -0.39 is 5.54 Å². The molecule has 0 spiro atoms. The SMILES string of the molecule is COc1cccc(C(=O)Nc2cccc(C3(c4ccccc4)COC(N)=N3)c2)c1.O=CO. The van der Waals surface area contributed by atoms with Crippen LogP contribution in [0.3, 0.4) is 0 Å². The summed E-state index contributed by atoms with van der Waals surface area (Å²) in [7, 11) is 1.57. The molecule has 3 aromatic rings. The van der Waals surface area contributed by atoms with Gasteiger partial charge in [-0.05, 0) is 41.5 Å². The Morgan fingerprint density at radius 2 is 1.78 bits per heavy atom. The first-order valence-electron chi connectivity index (χ1n) is 9.70. The van der Waals surface area contributed by atoms with E-state index in [1.54, 1.807) is 31.4 Å². The molecule has 0 fully saturated rings. The van der Waals surface area contributed by atoms with E-state index >= 15 is 0 Å². The third-order valence-electron chi connectivity index (χ3n) is 4.91. The number of methoxy groups -OCH3 is 1. The van der Waals surface area contributed by atoms with Gasteiger partial charge in [0.25, 0.3) is 18.4 Å². The van der Waals surface area contributed by atoms with Crippen molar-refractivity contribution in [3.63, 3.8) is 0 Å². The summed E-state index contributed by atoms with van der Waals surface area (Å²) in [6.45, 7) is 0.0517. The number of hydrogen-bond donors (Lipinski definition) is 3. The van der Waals surface area contributed by atoms with E-state index in [-0.39, 0.29) is 18.4 Å². The van der Waals surface area contributed by atoms with Crippen LogP contribution < -0.4 is 15.8 Å². The highest BCUT2D eigenvalue weighted by Gasteiger charge is 2.40. The number of amidine groups is 1. The average molecular weight is 433 g/mol. The summed E-state index contributed by atoms with van der Waals surface area (Å²) in [5.41, 5.74) is 8.13. The van der Waals surface area contributed by atoms with Crippen LogP contribution in [0.2, 0.25) is 0 Å². The molecule has 0 saturated heterocycles. The van der Waals surface area contributed by atoms with Gasteiger partial charge in [0, 0.05) is 11.3 Å². The van der Waals surface area contributed by atoms with Gasteiger partial charge < -0.3 is 25.6 Å². The zero-order valence-corrected chi connectivity index (χ0v) is 17.4. The monoisotopic (exact) mass is 433 g/mol. The van der Waals surface area contributed by atoms with Crippen LogP contribution in [0.1, 0.15) is 21.5 Å². The number of nitrogens with zero attached hydrogens (tertiary/aromatic N) is 1. The van der Waals surface area contributed by atoms with Gasteiger partial charge in [0.05, 0.1) is 7.11 Å². The quantitative estimate of drug-likeness (QED) is 0.531. The molecule has 1 unspecified atom stereocenters. The van der Waals surface area contributed by atoms with Crippen LogP contribution in [0.4, 0.5) is 5.69 Å².